The Hall–Kier alpha value is -2.74. The van der Waals surface area contributed by atoms with Crippen molar-refractivity contribution in [2.45, 2.75) is 0 Å². The van der Waals surface area contributed by atoms with Crippen molar-refractivity contribution in [3.8, 4) is 0 Å². The zero-order valence-corrected chi connectivity index (χ0v) is 14.7. The van der Waals surface area contributed by atoms with Crippen molar-refractivity contribution in [3.05, 3.63) is 64.2 Å². The lowest BCUT2D eigenvalue weighted by molar-refractivity contribution is -0.143. The van der Waals surface area contributed by atoms with Crippen LogP contribution in [-0.4, -0.2) is 29.0 Å². The summed E-state index contributed by atoms with van der Waals surface area (Å²) in [4.78, 5) is 35.0. The van der Waals surface area contributed by atoms with Gasteiger partial charge in [0, 0.05) is 29.4 Å². The predicted molar refractivity (Wildman–Crippen MR) is 92.0 cm³/mol. The monoisotopic (exact) mass is 408 g/mol. The Labute approximate surface area is 151 Å². The van der Waals surface area contributed by atoms with Crippen LogP contribution in [0, 0.1) is 5.82 Å². The van der Waals surface area contributed by atoms with Crippen molar-refractivity contribution in [1.82, 2.24) is 9.88 Å². The number of halogens is 2. The molecule has 130 valence electrons. The molecule has 6 nitrogen and oxygen atoms in total. The quantitative estimate of drug-likeness (QED) is 0.608. The SMILES string of the molecule is Cn1cccc1C(=O)NC(=O)COC(=O)/C=C/c1cc(Br)ccc1F. The van der Waals surface area contributed by atoms with E-state index < -0.39 is 30.2 Å². The summed E-state index contributed by atoms with van der Waals surface area (Å²) in [5.41, 5.74) is 0.486. The van der Waals surface area contributed by atoms with Crippen molar-refractivity contribution < 1.29 is 23.5 Å². The van der Waals surface area contributed by atoms with Crippen LogP contribution in [0.5, 0.6) is 0 Å². The molecule has 1 aromatic heterocycles. The van der Waals surface area contributed by atoms with Crippen LogP contribution < -0.4 is 5.32 Å². The number of nitrogens with zero attached hydrogens (tertiary/aromatic N) is 1. The smallest absolute Gasteiger partial charge is 0.331 e. The first kappa shape index (κ1) is 18.6. The van der Waals surface area contributed by atoms with Gasteiger partial charge in [0.1, 0.15) is 11.5 Å². The first-order valence-electron chi connectivity index (χ1n) is 7.12. The van der Waals surface area contributed by atoms with E-state index in [0.29, 0.717) is 10.2 Å². The molecular formula is C17H14BrFN2O4. The highest BCUT2D eigenvalue weighted by Crippen LogP contribution is 2.16. The third kappa shape index (κ3) is 5.39. The second kappa shape index (κ2) is 8.39. The van der Waals surface area contributed by atoms with Gasteiger partial charge >= 0.3 is 5.97 Å². The van der Waals surface area contributed by atoms with Gasteiger partial charge in [-0.15, -0.1) is 0 Å². The number of esters is 1. The number of carbonyl (C=O) groups is 3. The summed E-state index contributed by atoms with van der Waals surface area (Å²) in [6.45, 7) is -0.625. The molecule has 25 heavy (non-hydrogen) atoms. The molecule has 0 fully saturated rings. The number of ether oxygens (including phenoxy) is 1. The van der Waals surface area contributed by atoms with Crippen LogP contribution in [-0.2, 0) is 21.4 Å². The zero-order valence-electron chi connectivity index (χ0n) is 13.2. The Morgan fingerprint density at radius 3 is 2.76 bits per heavy atom. The van der Waals surface area contributed by atoms with E-state index in [0.717, 1.165) is 6.08 Å². The van der Waals surface area contributed by atoms with Gasteiger partial charge < -0.3 is 9.30 Å². The minimum atomic E-state index is -0.833. The van der Waals surface area contributed by atoms with Crippen LogP contribution in [0.4, 0.5) is 4.39 Å². The maximum atomic E-state index is 13.5. The van der Waals surface area contributed by atoms with E-state index >= 15 is 0 Å². The molecule has 0 bridgehead atoms. The molecule has 2 rings (SSSR count). The van der Waals surface area contributed by atoms with Gasteiger partial charge in [0.15, 0.2) is 6.61 Å². The molecule has 1 heterocycles. The summed E-state index contributed by atoms with van der Waals surface area (Å²) in [6.07, 6.45) is 3.89. The summed E-state index contributed by atoms with van der Waals surface area (Å²) in [5, 5.41) is 2.10. The average Bonchev–Trinajstić information content (AvgIpc) is 3.00. The first-order valence-corrected chi connectivity index (χ1v) is 7.91. The number of imide groups is 1. The third-order valence-electron chi connectivity index (χ3n) is 3.13. The maximum absolute atomic E-state index is 13.5. The molecule has 8 heteroatoms. The van der Waals surface area contributed by atoms with Gasteiger partial charge in [0.25, 0.3) is 11.8 Å². The van der Waals surface area contributed by atoms with E-state index in [2.05, 4.69) is 21.2 Å². The summed E-state index contributed by atoms with van der Waals surface area (Å²) in [5.74, 6) is -2.69. The fourth-order valence-electron chi connectivity index (χ4n) is 1.91. The highest BCUT2D eigenvalue weighted by Gasteiger charge is 2.13. The fourth-order valence-corrected chi connectivity index (χ4v) is 2.29. The number of hydrogen-bond donors (Lipinski definition) is 1. The normalized spacial score (nSPS) is 10.7. The molecule has 2 aromatic rings. The topological polar surface area (TPSA) is 77.4 Å². The number of rotatable bonds is 5. The summed E-state index contributed by atoms with van der Waals surface area (Å²) >= 11 is 3.19. The Morgan fingerprint density at radius 1 is 1.32 bits per heavy atom. The van der Waals surface area contributed by atoms with E-state index in [9.17, 15) is 18.8 Å². The number of benzene rings is 1. The Morgan fingerprint density at radius 2 is 2.08 bits per heavy atom. The third-order valence-corrected chi connectivity index (χ3v) is 3.63. The highest BCUT2D eigenvalue weighted by atomic mass is 79.9. The van der Waals surface area contributed by atoms with Crippen molar-refractivity contribution in [1.29, 1.82) is 0 Å². The van der Waals surface area contributed by atoms with Crippen molar-refractivity contribution in [3.63, 3.8) is 0 Å². The van der Waals surface area contributed by atoms with E-state index in [1.807, 2.05) is 0 Å². The first-order chi connectivity index (χ1) is 11.9. The van der Waals surface area contributed by atoms with Crippen LogP contribution in [0.25, 0.3) is 6.08 Å². The van der Waals surface area contributed by atoms with Crippen LogP contribution in [0.3, 0.4) is 0 Å². The number of hydrogen-bond acceptors (Lipinski definition) is 4. The second-order valence-electron chi connectivity index (χ2n) is 4.99. The van der Waals surface area contributed by atoms with Gasteiger partial charge in [-0.3, -0.25) is 14.9 Å². The molecule has 0 saturated carbocycles. The molecule has 0 unspecified atom stereocenters. The lowest BCUT2D eigenvalue weighted by Gasteiger charge is -2.05. The molecule has 0 spiro atoms. The van der Waals surface area contributed by atoms with E-state index in [1.165, 1.54) is 24.3 Å². The second-order valence-corrected chi connectivity index (χ2v) is 5.90. The highest BCUT2D eigenvalue weighted by molar-refractivity contribution is 9.10. The van der Waals surface area contributed by atoms with Gasteiger partial charge in [-0.05, 0) is 36.4 Å². The van der Waals surface area contributed by atoms with Crippen LogP contribution in [0.2, 0.25) is 0 Å². The van der Waals surface area contributed by atoms with Gasteiger partial charge in [-0.1, -0.05) is 15.9 Å². The van der Waals surface area contributed by atoms with Crippen molar-refractivity contribution >= 4 is 39.8 Å². The zero-order chi connectivity index (χ0) is 18.4. The molecule has 0 aliphatic rings. The van der Waals surface area contributed by atoms with E-state index in [-0.39, 0.29) is 5.56 Å². The molecule has 0 radical (unpaired) electrons. The van der Waals surface area contributed by atoms with Crippen LogP contribution >= 0.6 is 15.9 Å². The predicted octanol–water partition coefficient (Wildman–Crippen LogP) is 2.44. The number of aromatic nitrogens is 1. The van der Waals surface area contributed by atoms with Gasteiger partial charge in [0.2, 0.25) is 0 Å². The molecule has 2 amide bonds. The molecule has 0 aliphatic carbocycles. The minimum absolute atomic E-state index is 0.190. The Kier molecular flexibility index (Phi) is 6.24. The average molecular weight is 409 g/mol. The summed E-state index contributed by atoms with van der Waals surface area (Å²) in [6, 6.07) is 7.47. The van der Waals surface area contributed by atoms with E-state index in [1.54, 1.807) is 29.9 Å². The Balaban J connectivity index is 1.84. The number of aryl methyl sites for hydroxylation is 1. The van der Waals surface area contributed by atoms with Crippen LogP contribution in [0.15, 0.2) is 47.1 Å². The lowest BCUT2D eigenvalue weighted by atomic mass is 10.2. The minimum Gasteiger partial charge on any atom is -0.452 e. The number of carbonyl (C=O) groups excluding carboxylic acids is 3. The number of amides is 2. The molecule has 0 saturated heterocycles. The van der Waals surface area contributed by atoms with Crippen molar-refractivity contribution in [2.24, 2.45) is 7.05 Å². The lowest BCUT2D eigenvalue weighted by Crippen LogP contribution is -2.34. The van der Waals surface area contributed by atoms with Crippen molar-refractivity contribution in [2.75, 3.05) is 6.61 Å². The standard InChI is InChI=1S/C17H14BrFN2O4/c1-21-8-2-3-14(21)17(24)20-15(22)10-25-16(23)7-4-11-9-12(18)5-6-13(11)19/h2-9H,10H2,1H3,(H,20,22,24)/b7-4+. The van der Waals surface area contributed by atoms with Crippen LogP contribution in [0.1, 0.15) is 16.1 Å². The molecule has 0 atom stereocenters. The summed E-state index contributed by atoms with van der Waals surface area (Å²) in [7, 11) is 1.66. The number of nitrogens with one attached hydrogen (secondary N) is 1. The molecule has 1 aromatic carbocycles. The molecule has 1 N–H and O–H groups in total. The summed E-state index contributed by atoms with van der Waals surface area (Å²) < 4.78 is 20.4. The Bertz CT molecular complexity index is 845. The van der Waals surface area contributed by atoms with E-state index in [4.69, 9.17) is 4.74 Å². The fraction of sp³-hybridized carbons (Fsp3) is 0.118. The molecule has 0 aliphatic heterocycles. The van der Waals surface area contributed by atoms with Gasteiger partial charge in [0.05, 0.1) is 0 Å². The van der Waals surface area contributed by atoms with Gasteiger partial charge in [-0.25, -0.2) is 9.18 Å². The van der Waals surface area contributed by atoms with Gasteiger partial charge in [-0.2, -0.15) is 0 Å². The molecular weight excluding hydrogens is 395 g/mol. The largest absolute Gasteiger partial charge is 0.452 e. The maximum Gasteiger partial charge on any atom is 0.331 e.